The molecule has 0 atom stereocenters. The molecule has 0 unspecified atom stereocenters. The van der Waals surface area contributed by atoms with E-state index >= 15 is 0 Å². The van der Waals surface area contributed by atoms with Crippen LogP contribution >= 0.6 is 11.6 Å². The van der Waals surface area contributed by atoms with Crippen LogP contribution in [-0.4, -0.2) is 45.1 Å². The number of likely N-dealkylation sites (tertiary alicyclic amines) is 1. The predicted molar refractivity (Wildman–Crippen MR) is 121 cm³/mol. The maximum Gasteiger partial charge on any atom is 0.241 e. The highest BCUT2D eigenvalue weighted by Gasteiger charge is 2.21. The maximum absolute atomic E-state index is 13.4. The molecule has 3 rings (SSSR count). The van der Waals surface area contributed by atoms with Crippen molar-refractivity contribution in [2.45, 2.75) is 32.4 Å². The molecule has 1 fully saturated rings. The van der Waals surface area contributed by atoms with E-state index in [1.807, 2.05) is 12.1 Å². The lowest BCUT2D eigenvalue weighted by Gasteiger charge is -2.26. The number of amides is 1. The first kappa shape index (κ1) is 23.5. The van der Waals surface area contributed by atoms with Crippen LogP contribution in [0.4, 0.5) is 10.1 Å². The van der Waals surface area contributed by atoms with Crippen molar-refractivity contribution in [1.82, 2.24) is 10.2 Å². The van der Waals surface area contributed by atoms with Crippen molar-refractivity contribution in [2.75, 3.05) is 30.2 Å². The monoisotopic (exact) mass is 467 g/mol. The first-order valence-electron chi connectivity index (χ1n) is 10.2. The molecule has 2 aromatic carbocycles. The number of piperidine rings is 1. The number of nitrogens with one attached hydrogen (secondary N) is 1. The first-order valence-corrected chi connectivity index (χ1v) is 12.4. The highest BCUT2D eigenvalue weighted by molar-refractivity contribution is 7.92. The van der Waals surface area contributed by atoms with Crippen molar-refractivity contribution < 1.29 is 17.6 Å². The molecule has 31 heavy (non-hydrogen) atoms. The molecule has 0 aliphatic carbocycles. The van der Waals surface area contributed by atoms with Crippen molar-refractivity contribution in [1.29, 1.82) is 0 Å². The summed E-state index contributed by atoms with van der Waals surface area (Å²) in [6.07, 6.45) is 4.73. The molecule has 1 aliphatic heterocycles. The molecular formula is C22H27ClFN3O3S. The van der Waals surface area contributed by atoms with Gasteiger partial charge in [-0.05, 0) is 55.3 Å². The molecule has 1 N–H and O–H groups in total. The van der Waals surface area contributed by atoms with E-state index in [-0.39, 0.29) is 17.3 Å². The highest BCUT2D eigenvalue weighted by Crippen LogP contribution is 2.24. The minimum Gasteiger partial charge on any atom is -0.350 e. The summed E-state index contributed by atoms with van der Waals surface area (Å²) in [4.78, 5) is 14.9. The summed E-state index contributed by atoms with van der Waals surface area (Å²) in [6, 6.07) is 11.6. The first-order chi connectivity index (χ1) is 14.7. The van der Waals surface area contributed by atoms with Gasteiger partial charge in [-0.25, -0.2) is 12.8 Å². The summed E-state index contributed by atoms with van der Waals surface area (Å²) in [7, 11) is -3.76. The summed E-state index contributed by atoms with van der Waals surface area (Å²) in [5, 5.41) is 2.55. The average molecular weight is 468 g/mol. The van der Waals surface area contributed by atoms with Gasteiger partial charge in [0.15, 0.2) is 0 Å². The number of rotatable bonds is 8. The molecule has 0 bridgehead atoms. The summed E-state index contributed by atoms with van der Waals surface area (Å²) in [5.74, 6) is -1.12. The van der Waals surface area contributed by atoms with Crippen LogP contribution in [0.1, 0.15) is 30.4 Å². The fourth-order valence-corrected chi connectivity index (χ4v) is 4.66. The molecule has 0 aromatic heterocycles. The Bertz CT molecular complexity index is 1030. The molecule has 1 heterocycles. The minimum atomic E-state index is -3.76. The Morgan fingerprint density at radius 2 is 1.84 bits per heavy atom. The number of benzene rings is 2. The Hall–Kier alpha value is -2.16. The molecule has 0 spiro atoms. The number of hydrogen-bond donors (Lipinski definition) is 1. The number of hydrogen-bond acceptors (Lipinski definition) is 4. The van der Waals surface area contributed by atoms with E-state index in [1.165, 1.54) is 37.0 Å². The molecular weight excluding hydrogens is 441 g/mol. The van der Waals surface area contributed by atoms with Crippen molar-refractivity contribution in [3.05, 3.63) is 64.4 Å². The van der Waals surface area contributed by atoms with Crippen LogP contribution in [0.15, 0.2) is 42.5 Å². The van der Waals surface area contributed by atoms with Crippen LogP contribution in [0.25, 0.3) is 0 Å². The second kappa shape index (κ2) is 10.4. The fourth-order valence-electron chi connectivity index (χ4n) is 3.64. The molecule has 1 aliphatic rings. The number of anilines is 1. The van der Waals surface area contributed by atoms with Crippen LogP contribution < -0.4 is 9.62 Å². The van der Waals surface area contributed by atoms with Gasteiger partial charge >= 0.3 is 0 Å². The lowest BCUT2D eigenvalue weighted by molar-refractivity contribution is -0.119. The third-order valence-electron chi connectivity index (χ3n) is 5.21. The van der Waals surface area contributed by atoms with Crippen LogP contribution in [0.5, 0.6) is 0 Å². The zero-order chi connectivity index (χ0) is 22.4. The van der Waals surface area contributed by atoms with Gasteiger partial charge in [-0.15, -0.1) is 0 Å². The van der Waals surface area contributed by atoms with E-state index < -0.39 is 28.3 Å². The zero-order valence-corrected chi connectivity index (χ0v) is 19.1. The maximum atomic E-state index is 13.4. The fraction of sp³-hybridized carbons (Fsp3) is 0.409. The van der Waals surface area contributed by atoms with Crippen molar-refractivity contribution in [2.24, 2.45) is 0 Å². The number of nitrogens with zero attached hydrogens (tertiary/aromatic N) is 2. The van der Waals surface area contributed by atoms with E-state index in [2.05, 4.69) is 22.3 Å². The third-order valence-corrected chi connectivity index (χ3v) is 6.64. The zero-order valence-electron chi connectivity index (χ0n) is 17.5. The van der Waals surface area contributed by atoms with Gasteiger partial charge in [0, 0.05) is 13.1 Å². The normalized spacial score (nSPS) is 14.9. The van der Waals surface area contributed by atoms with Gasteiger partial charge in [0.1, 0.15) is 12.4 Å². The standard InChI is InChI=1S/C22H27ClFN3O3S/c1-31(29,30)27(19-8-9-21(24)20(23)13-19)16-22(28)25-14-17-6-5-7-18(12-17)15-26-10-3-2-4-11-26/h5-9,12-13H,2-4,10-11,14-16H2,1H3,(H,25,28). The van der Waals surface area contributed by atoms with Gasteiger partial charge in [-0.3, -0.25) is 14.0 Å². The Morgan fingerprint density at radius 3 is 2.52 bits per heavy atom. The van der Waals surface area contributed by atoms with Gasteiger partial charge in [-0.2, -0.15) is 0 Å². The summed E-state index contributed by atoms with van der Waals surface area (Å²) in [5.41, 5.74) is 2.26. The van der Waals surface area contributed by atoms with Gasteiger partial charge in [0.2, 0.25) is 15.9 Å². The third kappa shape index (κ3) is 6.92. The van der Waals surface area contributed by atoms with E-state index in [4.69, 9.17) is 11.6 Å². The van der Waals surface area contributed by atoms with E-state index in [0.717, 1.165) is 41.8 Å². The number of sulfonamides is 1. The topological polar surface area (TPSA) is 69.7 Å². The molecule has 2 aromatic rings. The quantitative estimate of drug-likeness (QED) is 0.644. The molecule has 168 valence electrons. The van der Waals surface area contributed by atoms with Crippen molar-refractivity contribution in [3.8, 4) is 0 Å². The number of carbonyl (C=O) groups is 1. The Labute approximate surface area is 188 Å². The average Bonchev–Trinajstić information content (AvgIpc) is 2.73. The van der Waals surface area contributed by atoms with Crippen LogP contribution in [-0.2, 0) is 27.9 Å². The van der Waals surface area contributed by atoms with Crippen molar-refractivity contribution in [3.63, 3.8) is 0 Å². The number of halogens is 2. The van der Waals surface area contributed by atoms with Crippen LogP contribution in [0, 0.1) is 5.82 Å². The number of carbonyl (C=O) groups excluding carboxylic acids is 1. The minimum absolute atomic E-state index is 0.132. The molecule has 0 radical (unpaired) electrons. The largest absolute Gasteiger partial charge is 0.350 e. The SMILES string of the molecule is CS(=O)(=O)N(CC(=O)NCc1cccc(CN2CCCCC2)c1)c1ccc(F)c(Cl)c1. The van der Waals surface area contributed by atoms with Gasteiger partial charge < -0.3 is 5.32 Å². The van der Waals surface area contributed by atoms with Gasteiger partial charge in [-0.1, -0.05) is 42.3 Å². The van der Waals surface area contributed by atoms with E-state index in [9.17, 15) is 17.6 Å². The smallest absolute Gasteiger partial charge is 0.241 e. The molecule has 0 saturated carbocycles. The Balaban J connectivity index is 1.61. The van der Waals surface area contributed by atoms with Crippen molar-refractivity contribution >= 4 is 33.2 Å². The lowest BCUT2D eigenvalue weighted by Crippen LogP contribution is -2.40. The summed E-state index contributed by atoms with van der Waals surface area (Å²) in [6.45, 7) is 2.96. The Morgan fingerprint density at radius 1 is 1.13 bits per heavy atom. The second-order valence-electron chi connectivity index (χ2n) is 7.80. The van der Waals surface area contributed by atoms with Crippen LogP contribution in [0.3, 0.4) is 0 Å². The Kier molecular flexibility index (Phi) is 7.91. The summed E-state index contributed by atoms with van der Waals surface area (Å²) >= 11 is 5.77. The molecule has 1 amide bonds. The molecule has 1 saturated heterocycles. The van der Waals surface area contributed by atoms with Crippen LogP contribution in [0.2, 0.25) is 5.02 Å². The van der Waals surface area contributed by atoms with E-state index in [0.29, 0.717) is 0 Å². The predicted octanol–water partition coefficient (Wildman–Crippen LogP) is 3.55. The van der Waals surface area contributed by atoms with Gasteiger partial charge in [0.25, 0.3) is 0 Å². The molecule has 6 nitrogen and oxygen atoms in total. The summed E-state index contributed by atoms with van der Waals surface area (Å²) < 4.78 is 38.7. The lowest BCUT2D eigenvalue weighted by atomic mass is 10.1. The van der Waals surface area contributed by atoms with Gasteiger partial charge in [0.05, 0.1) is 17.0 Å². The second-order valence-corrected chi connectivity index (χ2v) is 10.1. The highest BCUT2D eigenvalue weighted by atomic mass is 35.5. The van der Waals surface area contributed by atoms with E-state index in [1.54, 1.807) is 0 Å². The molecule has 9 heteroatoms.